The SMILES string of the molecule is Cl.N#Cc1cccc(-c2cc(-c3ccccc3N3CCOCC3)n[nH]2)c1. The van der Waals surface area contributed by atoms with E-state index < -0.39 is 0 Å². The van der Waals surface area contributed by atoms with Crippen molar-refractivity contribution in [1.82, 2.24) is 10.2 Å². The number of aromatic nitrogens is 2. The van der Waals surface area contributed by atoms with Gasteiger partial charge in [-0.2, -0.15) is 10.4 Å². The molecule has 0 spiro atoms. The Kier molecular flexibility index (Phi) is 5.57. The second-order valence-corrected chi connectivity index (χ2v) is 5.98. The van der Waals surface area contributed by atoms with Gasteiger partial charge in [-0.05, 0) is 24.3 Å². The highest BCUT2D eigenvalue weighted by molar-refractivity contribution is 5.85. The largest absolute Gasteiger partial charge is 0.378 e. The maximum absolute atomic E-state index is 9.08. The van der Waals surface area contributed by atoms with Crippen LogP contribution in [0.2, 0.25) is 0 Å². The van der Waals surface area contributed by atoms with Crippen molar-refractivity contribution in [3.8, 4) is 28.6 Å². The second kappa shape index (κ2) is 8.05. The van der Waals surface area contributed by atoms with Gasteiger partial charge in [0.25, 0.3) is 0 Å². The van der Waals surface area contributed by atoms with E-state index in [1.54, 1.807) is 6.07 Å². The van der Waals surface area contributed by atoms with E-state index in [4.69, 9.17) is 10.00 Å². The van der Waals surface area contributed by atoms with Crippen LogP contribution in [0.3, 0.4) is 0 Å². The molecule has 4 rings (SSSR count). The van der Waals surface area contributed by atoms with Crippen LogP contribution in [-0.4, -0.2) is 36.5 Å². The number of rotatable bonds is 3. The third kappa shape index (κ3) is 3.57. The minimum atomic E-state index is 0. The Hall–Kier alpha value is -2.81. The van der Waals surface area contributed by atoms with Crippen molar-refractivity contribution in [2.45, 2.75) is 0 Å². The summed E-state index contributed by atoms with van der Waals surface area (Å²) < 4.78 is 5.46. The smallest absolute Gasteiger partial charge is 0.0991 e. The fourth-order valence-corrected chi connectivity index (χ4v) is 3.13. The van der Waals surface area contributed by atoms with Crippen LogP contribution in [0.15, 0.2) is 54.6 Å². The first kappa shape index (κ1) is 18.0. The number of H-pyrrole nitrogens is 1. The number of hydrogen-bond acceptors (Lipinski definition) is 4. The van der Waals surface area contributed by atoms with Crippen molar-refractivity contribution in [2.24, 2.45) is 0 Å². The van der Waals surface area contributed by atoms with Crippen molar-refractivity contribution < 1.29 is 4.74 Å². The number of ether oxygens (including phenoxy) is 1. The fraction of sp³-hybridized carbons (Fsp3) is 0.200. The lowest BCUT2D eigenvalue weighted by molar-refractivity contribution is 0.123. The molecule has 0 aliphatic carbocycles. The summed E-state index contributed by atoms with van der Waals surface area (Å²) in [5.41, 5.74) is 5.69. The van der Waals surface area contributed by atoms with Crippen molar-refractivity contribution >= 4 is 18.1 Å². The molecule has 0 atom stereocenters. The molecule has 0 unspecified atom stereocenters. The number of nitrogens with one attached hydrogen (secondary N) is 1. The zero-order valence-electron chi connectivity index (χ0n) is 14.2. The van der Waals surface area contributed by atoms with Gasteiger partial charge in [0.2, 0.25) is 0 Å². The van der Waals surface area contributed by atoms with Crippen molar-refractivity contribution in [3.63, 3.8) is 0 Å². The normalized spacial score (nSPS) is 13.7. The topological polar surface area (TPSA) is 64.9 Å². The predicted molar refractivity (Wildman–Crippen MR) is 104 cm³/mol. The first-order chi connectivity index (χ1) is 12.3. The average molecular weight is 367 g/mol. The maximum atomic E-state index is 9.08. The maximum Gasteiger partial charge on any atom is 0.0991 e. The lowest BCUT2D eigenvalue weighted by Crippen LogP contribution is -2.36. The quantitative estimate of drug-likeness (QED) is 0.764. The van der Waals surface area contributed by atoms with Crippen LogP contribution in [0.5, 0.6) is 0 Å². The van der Waals surface area contributed by atoms with Gasteiger partial charge in [-0.25, -0.2) is 0 Å². The molecule has 6 heteroatoms. The van der Waals surface area contributed by atoms with Crippen LogP contribution < -0.4 is 4.90 Å². The Morgan fingerprint density at radius 3 is 2.65 bits per heavy atom. The van der Waals surface area contributed by atoms with Gasteiger partial charge in [0.1, 0.15) is 0 Å². The number of nitriles is 1. The van der Waals surface area contributed by atoms with Gasteiger partial charge in [-0.1, -0.05) is 30.3 Å². The molecule has 1 N–H and O–H groups in total. The number of nitrogens with zero attached hydrogens (tertiary/aromatic N) is 3. The first-order valence-corrected chi connectivity index (χ1v) is 8.33. The molecule has 3 aromatic rings. The molecule has 0 saturated carbocycles. The third-order valence-corrected chi connectivity index (χ3v) is 4.41. The molecule has 1 aliphatic rings. The summed E-state index contributed by atoms with van der Waals surface area (Å²) in [5, 5.41) is 16.7. The van der Waals surface area contributed by atoms with Crippen molar-refractivity contribution in [1.29, 1.82) is 5.26 Å². The molecule has 0 bridgehead atoms. The Morgan fingerprint density at radius 2 is 1.85 bits per heavy atom. The van der Waals surface area contributed by atoms with Crippen molar-refractivity contribution in [3.05, 3.63) is 60.2 Å². The summed E-state index contributed by atoms with van der Waals surface area (Å²) >= 11 is 0. The van der Waals surface area contributed by atoms with Crippen LogP contribution in [-0.2, 0) is 4.74 Å². The summed E-state index contributed by atoms with van der Waals surface area (Å²) in [6, 6.07) is 20.1. The summed E-state index contributed by atoms with van der Waals surface area (Å²) in [6.07, 6.45) is 0. The number of benzene rings is 2. The minimum absolute atomic E-state index is 0. The minimum Gasteiger partial charge on any atom is -0.378 e. The Morgan fingerprint density at radius 1 is 1.04 bits per heavy atom. The highest BCUT2D eigenvalue weighted by Gasteiger charge is 2.17. The van der Waals surface area contributed by atoms with E-state index >= 15 is 0 Å². The summed E-state index contributed by atoms with van der Waals surface area (Å²) in [4.78, 5) is 2.34. The fourth-order valence-electron chi connectivity index (χ4n) is 3.13. The summed E-state index contributed by atoms with van der Waals surface area (Å²) in [5.74, 6) is 0. The molecule has 2 aromatic carbocycles. The highest BCUT2D eigenvalue weighted by Crippen LogP contribution is 2.32. The third-order valence-electron chi connectivity index (χ3n) is 4.41. The van der Waals surface area contributed by atoms with E-state index in [9.17, 15) is 0 Å². The zero-order valence-corrected chi connectivity index (χ0v) is 15.0. The predicted octanol–water partition coefficient (Wildman–Crippen LogP) is 3.87. The number of hydrogen-bond donors (Lipinski definition) is 1. The molecule has 1 aromatic heterocycles. The molecule has 1 aliphatic heterocycles. The van der Waals surface area contributed by atoms with E-state index in [1.807, 2.05) is 30.3 Å². The first-order valence-electron chi connectivity index (χ1n) is 8.33. The molecule has 2 heterocycles. The molecular weight excluding hydrogens is 348 g/mol. The molecule has 132 valence electrons. The standard InChI is InChI=1S/C20H18N4O.ClH/c21-14-15-4-3-5-16(12-15)18-13-19(23-22-18)17-6-1-2-7-20(17)24-8-10-25-11-9-24;/h1-7,12-13H,8-11H2,(H,22,23);1H. The molecular formula is C20H19ClN4O. The Bertz CT molecular complexity index is 925. The van der Waals surface area contributed by atoms with E-state index in [0.29, 0.717) is 5.56 Å². The Labute approximate surface area is 158 Å². The van der Waals surface area contributed by atoms with Crippen LogP contribution in [0, 0.1) is 11.3 Å². The highest BCUT2D eigenvalue weighted by atomic mass is 35.5. The van der Waals surface area contributed by atoms with Gasteiger partial charge >= 0.3 is 0 Å². The van der Waals surface area contributed by atoms with Crippen LogP contribution in [0.4, 0.5) is 5.69 Å². The van der Waals surface area contributed by atoms with Gasteiger partial charge < -0.3 is 9.64 Å². The average Bonchev–Trinajstić information content (AvgIpc) is 3.19. The van der Waals surface area contributed by atoms with Gasteiger partial charge in [0.15, 0.2) is 0 Å². The van der Waals surface area contributed by atoms with Crippen LogP contribution in [0.25, 0.3) is 22.5 Å². The van der Waals surface area contributed by atoms with Crippen LogP contribution >= 0.6 is 12.4 Å². The number of aromatic amines is 1. The van der Waals surface area contributed by atoms with E-state index in [-0.39, 0.29) is 12.4 Å². The lowest BCUT2D eigenvalue weighted by atomic mass is 10.1. The number of anilines is 1. The molecule has 26 heavy (non-hydrogen) atoms. The molecule has 1 fully saturated rings. The van der Waals surface area contributed by atoms with E-state index in [1.165, 1.54) is 5.69 Å². The van der Waals surface area contributed by atoms with Crippen molar-refractivity contribution in [2.75, 3.05) is 31.2 Å². The van der Waals surface area contributed by atoms with Gasteiger partial charge in [0, 0.05) is 29.9 Å². The van der Waals surface area contributed by atoms with Gasteiger partial charge in [-0.3, -0.25) is 5.10 Å². The number of morpholine rings is 1. The molecule has 5 nitrogen and oxygen atoms in total. The zero-order chi connectivity index (χ0) is 17.1. The van der Waals surface area contributed by atoms with Crippen LogP contribution in [0.1, 0.15) is 5.56 Å². The number of para-hydroxylation sites is 1. The lowest BCUT2D eigenvalue weighted by Gasteiger charge is -2.30. The molecule has 1 saturated heterocycles. The van der Waals surface area contributed by atoms with E-state index in [2.05, 4.69) is 39.4 Å². The second-order valence-electron chi connectivity index (χ2n) is 5.98. The number of halogens is 1. The molecule has 0 amide bonds. The summed E-state index contributed by atoms with van der Waals surface area (Å²) in [6.45, 7) is 3.28. The summed E-state index contributed by atoms with van der Waals surface area (Å²) in [7, 11) is 0. The molecule has 0 radical (unpaired) electrons. The van der Waals surface area contributed by atoms with Gasteiger partial charge in [0.05, 0.1) is 36.2 Å². The van der Waals surface area contributed by atoms with Gasteiger partial charge in [-0.15, -0.1) is 12.4 Å². The monoisotopic (exact) mass is 366 g/mol. The van der Waals surface area contributed by atoms with E-state index in [0.717, 1.165) is 48.8 Å². The Balaban J connectivity index is 0.00000196.